The number of hydrogen-bond donors (Lipinski definition) is 1. The van der Waals surface area contributed by atoms with Gasteiger partial charge in [-0.15, -0.1) is 0 Å². The second-order valence-electron chi connectivity index (χ2n) is 4.07. The van der Waals surface area contributed by atoms with E-state index in [1.165, 1.54) is 30.3 Å². The van der Waals surface area contributed by atoms with E-state index in [-0.39, 0.29) is 23.6 Å². The molecule has 0 unspecified atom stereocenters. The van der Waals surface area contributed by atoms with Crippen LogP contribution in [0.4, 0.5) is 10.1 Å². The molecule has 2 aromatic carbocycles. The Bertz CT molecular complexity index is 713. The van der Waals surface area contributed by atoms with Crippen molar-refractivity contribution in [2.24, 2.45) is 0 Å². The zero-order valence-corrected chi connectivity index (χ0v) is 11.5. The molecule has 0 aromatic heterocycles. The summed E-state index contributed by atoms with van der Waals surface area (Å²) in [7, 11) is 0. The highest BCUT2D eigenvalue weighted by Crippen LogP contribution is 2.22. The van der Waals surface area contributed by atoms with Crippen LogP contribution in [0.25, 0.3) is 0 Å². The van der Waals surface area contributed by atoms with Gasteiger partial charge in [0.1, 0.15) is 17.6 Å². The van der Waals surface area contributed by atoms with Crippen molar-refractivity contribution in [1.29, 1.82) is 5.26 Å². The quantitative estimate of drug-likeness (QED) is 0.942. The lowest BCUT2D eigenvalue weighted by atomic mass is 10.2. The van der Waals surface area contributed by atoms with Gasteiger partial charge in [-0.25, -0.2) is 4.39 Å². The van der Waals surface area contributed by atoms with Gasteiger partial charge in [0.05, 0.1) is 11.3 Å². The van der Waals surface area contributed by atoms with Gasteiger partial charge >= 0.3 is 0 Å². The molecule has 0 heterocycles. The third-order valence-corrected chi connectivity index (χ3v) is 2.81. The number of hydrogen-bond acceptors (Lipinski definition) is 3. The first-order valence-electron chi connectivity index (χ1n) is 5.97. The third kappa shape index (κ3) is 3.94. The van der Waals surface area contributed by atoms with Crippen molar-refractivity contribution in [3.8, 4) is 11.8 Å². The summed E-state index contributed by atoms with van der Waals surface area (Å²) in [5.41, 5.74) is 0.329. The van der Waals surface area contributed by atoms with Crippen molar-refractivity contribution in [2.75, 3.05) is 11.9 Å². The number of halogens is 2. The number of carbonyl (C=O) groups excluding carboxylic acids is 1. The van der Waals surface area contributed by atoms with E-state index in [0.29, 0.717) is 5.02 Å². The van der Waals surface area contributed by atoms with Crippen LogP contribution < -0.4 is 10.1 Å². The number of anilines is 1. The van der Waals surface area contributed by atoms with Crippen LogP contribution in [0, 0.1) is 17.1 Å². The maximum Gasteiger partial charge on any atom is 0.262 e. The fraction of sp³-hybridized carbons (Fsp3) is 0.0667. The molecule has 6 heteroatoms. The Morgan fingerprint density at radius 2 is 2.10 bits per heavy atom. The van der Waals surface area contributed by atoms with E-state index in [1.807, 2.05) is 6.07 Å². The van der Waals surface area contributed by atoms with E-state index in [4.69, 9.17) is 21.6 Å². The molecular formula is C15H10ClFN2O2. The fourth-order valence-electron chi connectivity index (χ4n) is 1.60. The highest BCUT2D eigenvalue weighted by Gasteiger charge is 2.09. The zero-order chi connectivity index (χ0) is 15.2. The number of rotatable bonds is 4. The Balaban J connectivity index is 2.01. The number of ether oxygens (including phenoxy) is 1. The van der Waals surface area contributed by atoms with Crippen molar-refractivity contribution < 1.29 is 13.9 Å². The van der Waals surface area contributed by atoms with Crippen LogP contribution in [0.2, 0.25) is 5.02 Å². The Labute approximate surface area is 125 Å². The second-order valence-corrected chi connectivity index (χ2v) is 4.51. The molecule has 0 atom stereocenters. The lowest BCUT2D eigenvalue weighted by molar-refractivity contribution is -0.118. The summed E-state index contributed by atoms with van der Waals surface area (Å²) in [6, 6.07) is 12.2. The van der Waals surface area contributed by atoms with Gasteiger partial charge in [-0.1, -0.05) is 23.7 Å². The van der Waals surface area contributed by atoms with Gasteiger partial charge in [-0.05, 0) is 24.3 Å². The van der Waals surface area contributed by atoms with E-state index in [1.54, 1.807) is 12.1 Å². The normalized spacial score (nSPS) is 9.76. The molecule has 21 heavy (non-hydrogen) atoms. The monoisotopic (exact) mass is 304 g/mol. The van der Waals surface area contributed by atoms with Crippen molar-refractivity contribution in [2.45, 2.75) is 0 Å². The molecule has 0 radical (unpaired) electrons. The van der Waals surface area contributed by atoms with Gasteiger partial charge in [0.15, 0.2) is 6.61 Å². The van der Waals surface area contributed by atoms with Crippen LogP contribution in [0.5, 0.6) is 5.75 Å². The average molecular weight is 305 g/mol. The molecule has 106 valence electrons. The SMILES string of the molecule is N#Cc1ccc(Cl)cc1OCC(=O)Nc1ccccc1F. The van der Waals surface area contributed by atoms with Gasteiger partial charge < -0.3 is 10.1 Å². The summed E-state index contributed by atoms with van der Waals surface area (Å²) in [4.78, 5) is 11.7. The van der Waals surface area contributed by atoms with Crippen LogP contribution in [-0.4, -0.2) is 12.5 Å². The first kappa shape index (κ1) is 14.8. The van der Waals surface area contributed by atoms with Gasteiger partial charge in [-0.3, -0.25) is 4.79 Å². The largest absolute Gasteiger partial charge is 0.482 e. The molecule has 0 saturated carbocycles. The van der Waals surface area contributed by atoms with E-state index < -0.39 is 11.7 Å². The summed E-state index contributed by atoms with van der Waals surface area (Å²) in [6.07, 6.45) is 0. The van der Waals surface area contributed by atoms with Crippen LogP contribution in [0.15, 0.2) is 42.5 Å². The number of nitrogens with zero attached hydrogens (tertiary/aromatic N) is 1. The number of nitrogens with one attached hydrogen (secondary N) is 1. The number of para-hydroxylation sites is 1. The Morgan fingerprint density at radius 3 is 2.81 bits per heavy atom. The first-order chi connectivity index (χ1) is 10.1. The van der Waals surface area contributed by atoms with Crippen molar-refractivity contribution in [1.82, 2.24) is 0 Å². The molecule has 0 saturated heterocycles. The molecule has 2 aromatic rings. The summed E-state index contributed by atoms with van der Waals surface area (Å²) < 4.78 is 18.6. The Hall–Kier alpha value is -2.58. The fourth-order valence-corrected chi connectivity index (χ4v) is 1.76. The number of amides is 1. The van der Waals surface area contributed by atoms with Gasteiger partial charge in [-0.2, -0.15) is 5.26 Å². The zero-order valence-electron chi connectivity index (χ0n) is 10.8. The molecular weight excluding hydrogens is 295 g/mol. The lowest BCUT2D eigenvalue weighted by Gasteiger charge is -2.09. The highest BCUT2D eigenvalue weighted by molar-refractivity contribution is 6.30. The highest BCUT2D eigenvalue weighted by atomic mass is 35.5. The summed E-state index contributed by atoms with van der Waals surface area (Å²) in [5.74, 6) is -0.871. The van der Waals surface area contributed by atoms with E-state index in [0.717, 1.165) is 0 Å². The summed E-state index contributed by atoms with van der Waals surface area (Å²) in [6.45, 7) is -0.358. The maximum atomic E-state index is 13.4. The molecule has 0 aliphatic rings. The van der Waals surface area contributed by atoms with Gasteiger partial charge in [0.2, 0.25) is 0 Å². The predicted octanol–water partition coefficient (Wildman–Crippen LogP) is 3.37. The van der Waals surface area contributed by atoms with E-state index >= 15 is 0 Å². The topological polar surface area (TPSA) is 62.1 Å². The molecule has 0 aliphatic carbocycles. The van der Waals surface area contributed by atoms with Gasteiger partial charge in [0, 0.05) is 11.1 Å². The van der Waals surface area contributed by atoms with Crippen LogP contribution in [-0.2, 0) is 4.79 Å². The molecule has 2 rings (SSSR count). The summed E-state index contributed by atoms with van der Waals surface area (Å²) >= 11 is 5.80. The maximum absolute atomic E-state index is 13.4. The predicted molar refractivity (Wildman–Crippen MR) is 76.7 cm³/mol. The molecule has 1 N–H and O–H groups in total. The Morgan fingerprint density at radius 1 is 1.33 bits per heavy atom. The average Bonchev–Trinajstić information content (AvgIpc) is 2.48. The van der Waals surface area contributed by atoms with E-state index in [9.17, 15) is 9.18 Å². The molecule has 0 spiro atoms. The third-order valence-electron chi connectivity index (χ3n) is 2.57. The number of benzene rings is 2. The van der Waals surface area contributed by atoms with Crippen molar-refractivity contribution in [3.05, 3.63) is 58.9 Å². The van der Waals surface area contributed by atoms with E-state index in [2.05, 4.69) is 5.32 Å². The summed E-state index contributed by atoms with van der Waals surface area (Å²) in [5, 5.41) is 11.7. The minimum atomic E-state index is -0.538. The van der Waals surface area contributed by atoms with Crippen LogP contribution in [0.1, 0.15) is 5.56 Å². The van der Waals surface area contributed by atoms with Crippen molar-refractivity contribution in [3.63, 3.8) is 0 Å². The molecule has 1 amide bonds. The lowest BCUT2D eigenvalue weighted by Crippen LogP contribution is -2.21. The molecule has 0 fully saturated rings. The minimum absolute atomic E-state index is 0.0673. The second kappa shape index (κ2) is 6.73. The number of nitriles is 1. The standard InChI is InChI=1S/C15H10ClFN2O2/c16-11-6-5-10(8-18)14(7-11)21-9-15(20)19-13-4-2-1-3-12(13)17/h1-7H,9H2,(H,19,20). The first-order valence-corrected chi connectivity index (χ1v) is 6.35. The molecule has 4 nitrogen and oxygen atoms in total. The van der Waals surface area contributed by atoms with Gasteiger partial charge in [0.25, 0.3) is 5.91 Å². The molecule has 0 bridgehead atoms. The smallest absolute Gasteiger partial charge is 0.262 e. The van der Waals surface area contributed by atoms with Crippen LogP contribution in [0.3, 0.4) is 0 Å². The molecule has 0 aliphatic heterocycles. The van der Waals surface area contributed by atoms with Crippen molar-refractivity contribution >= 4 is 23.2 Å². The Kier molecular flexibility index (Phi) is 4.75. The minimum Gasteiger partial charge on any atom is -0.482 e. The number of carbonyl (C=O) groups is 1. The van der Waals surface area contributed by atoms with Crippen LogP contribution >= 0.6 is 11.6 Å².